The summed E-state index contributed by atoms with van der Waals surface area (Å²) in [7, 11) is 0. The molecule has 1 aliphatic heterocycles. The molecule has 0 amide bonds. The van der Waals surface area contributed by atoms with Gasteiger partial charge in [-0.2, -0.15) is 13.2 Å². The molecule has 1 aromatic carbocycles. The van der Waals surface area contributed by atoms with Crippen LogP contribution in [0.15, 0.2) is 42.7 Å². The van der Waals surface area contributed by atoms with E-state index < -0.39 is 11.7 Å². The first-order valence-corrected chi connectivity index (χ1v) is 7.08. The molecule has 116 valence electrons. The Morgan fingerprint density at radius 1 is 1.09 bits per heavy atom. The van der Waals surface area contributed by atoms with Crippen molar-refractivity contribution in [1.82, 2.24) is 4.98 Å². The Morgan fingerprint density at radius 3 is 2.59 bits per heavy atom. The van der Waals surface area contributed by atoms with Crippen LogP contribution in [0.5, 0.6) is 11.5 Å². The van der Waals surface area contributed by atoms with E-state index in [0.717, 1.165) is 50.1 Å². The van der Waals surface area contributed by atoms with Gasteiger partial charge in [0.25, 0.3) is 0 Å². The third kappa shape index (κ3) is 3.16. The van der Waals surface area contributed by atoms with Crippen molar-refractivity contribution >= 4 is 5.69 Å². The molecule has 6 heteroatoms. The molecule has 0 N–H and O–H groups in total. The van der Waals surface area contributed by atoms with E-state index in [9.17, 15) is 13.2 Å². The minimum Gasteiger partial charge on any atom is -0.455 e. The molecule has 2 aromatic rings. The predicted molar refractivity (Wildman–Crippen MR) is 77.2 cm³/mol. The van der Waals surface area contributed by atoms with Crippen molar-refractivity contribution in [3.63, 3.8) is 0 Å². The largest absolute Gasteiger partial charge is 0.455 e. The lowest BCUT2D eigenvalue weighted by atomic mass is 10.2. The molecule has 1 aromatic heterocycles. The molecule has 0 saturated carbocycles. The summed E-state index contributed by atoms with van der Waals surface area (Å²) in [5, 5.41) is 0. The van der Waals surface area contributed by atoms with Gasteiger partial charge in [-0.05, 0) is 31.0 Å². The molecular formula is C16H15F3N2O. The van der Waals surface area contributed by atoms with Gasteiger partial charge in [0.05, 0.1) is 6.20 Å². The van der Waals surface area contributed by atoms with E-state index in [0.29, 0.717) is 5.75 Å². The number of hydrogen-bond acceptors (Lipinski definition) is 3. The first kappa shape index (κ1) is 14.7. The first-order valence-electron chi connectivity index (χ1n) is 7.08. The molecule has 1 aliphatic rings. The Kier molecular flexibility index (Phi) is 3.92. The highest BCUT2D eigenvalue weighted by atomic mass is 19.4. The molecule has 22 heavy (non-hydrogen) atoms. The van der Waals surface area contributed by atoms with Gasteiger partial charge in [0.15, 0.2) is 5.75 Å². The topological polar surface area (TPSA) is 25.4 Å². The van der Waals surface area contributed by atoms with Crippen LogP contribution in [0.2, 0.25) is 0 Å². The van der Waals surface area contributed by atoms with E-state index in [1.165, 1.54) is 0 Å². The molecule has 1 fully saturated rings. The van der Waals surface area contributed by atoms with E-state index in [4.69, 9.17) is 4.74 Å². The quantitative estimate of drug-likeness (QED) is 0.835. The van der Waals surface area contributed by atoms with Crippen molar-refractivity contribution in [2.24, 2.45) is 0 Å². The summed E-state index contributed by atoms with van der Waals surface area (Å²) in [6.07, 6.45) is -0.00958. The summed E-state index contributed by atoms with van der Waals surface area (Å²) in [5.74, 6) is 0.0940. The summed E-state index contributed by atoms with van der Waals surface area (Å²) in [6, 6.07) is 8.05. The summed E-state index contributed by atoms with van der Waals surface area (Å²) in [5.41, 5.74) is 0.140. The smallest absolute Gasteiger partial charge is 0.420 e. The van der Waals surface area contributed by atoms with Gasteiger partial charge >= 0.3 is 6.18 Å². The van der Waals surface area contributed by atoms with E-state index in [1.807, 2.05) is 6.07 Å². The van der Waals surface area contributed by atoms with Crippen LogP contribution in [0.25, 0.3) is 0 Å². The molecule has 1 saturated heterocycles. The Hall–Kier alpha value is -2.24. The van der Waals surface area contributed by atoms with E-state index in [1.54, 1.807) is 18.2 Å². The van der Waals surface area contributed by atoms with E-state index in [2.05, 4.69) is 9.88 Å². The highest BCUT2D eigenvalue weighted by molar-refractivity contribution is 5.52. The predicted octanol–water partition coefficient (Wildman–Crippen LogP) is 4.49. The third-order valence-electron chi connectivity index (χ3n) is 3.61. The van der Waals surface area contributed by atoms with Crippen molar-refractivity contribution < 1.29 is 17.9 Å². The number of nitrogens with zero attached hydrogens (tertiary/aromatic N) is 2. The molecule has 0 spiro atoms. The fourth-order valence-electron chi connectivity index (χ4n) is 2.54. The Labute approximate surface area is 126 Å². The van der Waals surface area contributed by atoms with Crippen LogP contribution in [0.4, 0.5) is 18.9 Å². The molecule has 0 unspecified atom stereocenters. The number of benzene rings is 1. The average Bonchev–Trinajstić information content (AvgIpc) is 3.01. The lowest BCUT2D eigenvalue weighted by Crippen LogP contribution is -2.17. The Morgan fingerprint density at radius 2 is 1.86 bits per heavy atom. The first-order chi connectivity index (χ1) is 10.5. The lowest BCUT2D eigenvalue weighted by molar-refractivity contribution is -0.138. The van der Waals surface area contributed by atoms with Crippen molar-refractivity contribution in [2.75, 3.05) is 18.0 Å². The number of hydrogen-bond donors (Lipinski definition) is 0. The maximum atomic E-state index is 13.0. The van der Waals surface area contributed by atoms with Crippen LogP contribution in [-0.2, 0) is 6.18 Å². The molecule has 2 heterocycles. The number of halogens is 3. The summed E-state index contributed by atoms with van der Waals surface area (Å²) in [4.78, 5) is 5.91. The number of aromatic nitrogens is 1. The van der Waals surface area contributed by atoms with Gasteiger partial charge < -0.3 is 9.64 Å². The Bertz CT molecular complexity index is 652. The van der Waals surface area contributed by atoms with Crippen LogP contribution >= 0.6 is 0 Å². The standard InChI is InChI=1S/C16H15F3N2O/c17-16(18,19)14-6-7-20-11-15(14)22-13-5-3-4-12(10-13)21-8-1-2-9-21/h3-7,10-11H,1-2,8-9H2. The maximum Gasteiger partial charge on any atom is 0.420 e. The second-order valence-electron chi connectivity index (χ2n) is 5.16. The third-order valence-corrected chi connectivity index (χ3v) is 3.61. The van der Waals surface area contributed by atoms with Crippen LogP contribution in [0, 0.1) is 0 Å². The van der Waals surface area contributed by atoms with E-state index >= 15 is 0 Å². The van der Waals surface area contributed by atoms with Gasteiger partial charge in [0, 0.05) is 31.0 Å². The van der Waals surface area contributed by atoms with Gasteiger partial charge in [0.1, 0.15) is 11.3 Å². The SMILES string of the molecule is FC(F)(F)c1ccncc1Oc1cccc(N2CCCC2)c1. The monoisotopic (exact) mass is 308 g/mol. The zero-order chi connectivity index (χ0) is 15.6. The highest BCUT2D eigenvalue weighted by Crippen LogP contribution is 2.38. The maximum absolute atomic E-state index is 13.0. The fourth-order valence-corrected chi connectivity index (χ4v) is 2.54. The molecule has 0 bridgehead atoms. The van der Waals surface area contributed by atoms with Gasteiger partial charge in [-0.25, -0.2) is 0 Å². The van der Waals surface area contributed by atoms with Crippen molar-refractivity contribution in [3.05, 3.63) is 48.3 Å². The van der Waals surface area contributed by atoms with Crippen molar-refractivity contribution in [1.29, 1.82) is 0 Å². The number of ether oxygens (including phenoxy) is 1. The lowest BCUT2D eigenvalue weighted by Gasteiger charge is -2.19. The Balaban J connectivity index is 1.86. The number of anilines is 1. The number of alkyl halides is 3. The summed E-state index contributed by atoms with van der Waals surface area (Å²) in [6.45, 7) is 1.92. The van der Waals surface area contributed by atoms with Crippen LogP contribution in [-0.4, -0.2) is 18.1 Å². The fraction of sp³-hybridized carbons (Fsp3) is 0.312. The molecule has 3 rings (SSSR count). The second kappa shape index (κ2) is 5.87. The van der Waals surface area contributed by atoms with Gasteiger partial charge in [-0.3, -0.25) is 4.98 Å². The van der Waals surface area contributed by atoms with E-state index in [-0.39, 0.29) is 5.75 Å². The van der Waals surface area contributed by atoms with Crippen LogP contribution in [0.1, 0.15) is 18.4 Å². The van der Waals surface area contributed by atoms with Crippen molar-refractivity contribution in [3.8, 4) is 11.5 Å². The number of rotatable bonds is 3. The van der Waals surface area contributed by atoms with Gasteiger partial charge in [-0.1, -0.05) is 6.07 Å². The van der Waals surface area contributed by atoms with Crippen LogP contribution < -0.4 is 9.64 Å². The molecule has 0 atom stereocenters. The molecule has 0 radical (unpaired) electrons. The van der Waals surface area contributed by atoms with Crippen molar-refractivity contribution in [2.45, 2.75) is 19.0 Å². The summed E-state index contributed by atoms with van der Waals surface area (Å²) >= 11 is 0. The minimum atomic E-state index is -4.47. The zero-order valence-corrected chi connectivity index (χ0v) is 11.8. The normalized spacial score (nSPS) is 15.1. The van der Waals surface area contributed by atoms with Crippen LogP contribution in [0.3, 0.4) is 0 Å². The van der Waals surface area contributed by atoms with Gasteiger partial charge in [0.2, 0.25) is 0 Å². The average molecular weight is 308 g/mol. The second-order valence-corrected chi connectivity index (χ2v) is 5.16. The highest BCUT2D eigenvalue weighted by Gasteiger charge is 2.34. The van der Waals surface area contributed by atoms with Gasteiger partial charge in [-0.15, -0.1) is 0 Å². The molecule has 0 aliphatic carbocycles. The molecular weight excluding hydrogens is 293 g/mol. The minimum absolute atomic E-state index is 0.284. The summed E-state index contributed by atoms with van der Waals surface area (Å²) < 4.78 is 44.3. The zero-order valence-electron chi connectivity index (χ0n) is 11.8. The molecule has 3 nitrogen and oxygen atoms in total. The number of pyridine rings is 1.